The Hall–Kier alpha value is -5.01. The Morgan fingerprint density at radius 1 is 0.979 bits per heavy atom. The second-order valence-corrected chi connectivity index (χ2v) is 12.4. The van der Waals surface area contributed by atoms with Gasteiger partial charge in [0.1, 0.15) is 5.82 Å². The van der Waals surface area contributed by atoms with Crippen molar-refractivity contribution < 1.29 is 23.5 Å². The van der Waals surface area contributed by atoms with Crippen LogP contribution in [0.4, 0.5) is 4.39 Å². The molecule has 1 aliphatic rings. The summed E-state index contributed by atoms with van der Waals surface area (Å²) in [5.74, 6) is 0.674. The number of ether oxygens (including phenoxy) is 2. The molecule has 47 heavy (non-hydrogen) atoms. The second-order valence-electron chi connectivity index (χ2n) is 10.5. The molecule has 10 nitrogen and oxygen atoms in total. The van der Waals surface area contributed by atoms with E-state index in [2.05, 4.69) is 15.5 Å². The third-order valence-electron chi connectivity index (χ3n) is 7.58. The van der Waals surface area contributed by atoms with Crippen LogP contribution in [0.15, 0.2) is 101 Å². The van der Waals surface area contributed by atoms with Gasteiger partial charge in [-0.2, -0.15) is 5.10 Å². The molecule has 5 aromatic rings. The standard InChI is InChI=1S/C34H31FN6O4S2/c1-44-28-15-12-24(17-29(28)45-2)33(43)36-19-31-37-38-34(40(31)20-22-7-4-3-5-8-22)47-21-32(42)41-27(23-10-13-25(35)14-11-23)18-26(39-41)30-9-6-16-46-30/h3-17,27H,18-21H2,1-2H3,(H,36,43)/t27-/m1/s1. The van der Waals surface area contributed by atoms with E-state index >= 15 is 0 Å². The van der Waals surface area contributed by atoms with Crippen LogP contribution in [0.1, 0.15) is 44.6 Å². The number of hydrogen-bond donors (Lipinski definition) is 1. The first kappa shape index (κ1) is 32.0. The van der Waals surface area contributed by atoms with Crippen LogP contribution < -0.4 is 14.8 Å². The average molecular weight is 671 g/mol. The fraction of sp³-hybridized carbons (Fsp3) is 0.206. The number of rotatable bonds is 12. The van der Waals surface area contributed by atoms with E-state index < -0.39 is 0 Å². The molecule has 1 aliphatic heterocycles. The molecule has 2 amide bonds. The van der Waals surface area contributed by atoms with Gasteiger partial charge in [-0.15, -0.1) is 21.5 Å². The molecule has 0 aliphatic carbocycles. The molecule has 0 saturated heterocycles. The number of aromatic nitrogens is 3. The zero-order valence-corrected chi connectivity index (χ0v) is 27.3. The predicted molar refractivity (Wildman–Crippen MR) is 178 cm³/mol. The highest BCUT2D eigenvalue weighted by molar-refractivity contribution is 7.99. The van der Waals surface area contributed by atoms with E-state index in [-0.39, 0.29) is 36.0 Å². The lowest BCUT2D eigenvalue weighted by Crippen LogP contribution is -2.28. The van der Waals surface area contributed by atoms with Gasteiger partial charge in [0.2, 0.25) is 0 Å². The number of nitrogens with one attached hydrogen (secondary N) is 1. The number of amides is 2. The number of benzene rings is 3. The first-order chi connectivity index (χ1) is 22.9. The molecule has 240 valence electrons. The molecule has 1 atom stereocenters. The average Bonchev–Trinajstić information content (AvgIpc) is 3.87. The Morgan fingerprint density at radius 3 is 2.49 bits per heavy atom. The number of methoxy groups -OCH3 is 2. The molecule has 0 spiro atoms. The number of thioether (sulfide) groups is 1. The summed E-state index contributed by atoms with van der Waals surface area (Å²) >= 11 is 2.81. The van der Waals surface area contributed by atoms with E-state index in [1.165, 1.54) is 43.1 Å². The molecule has 13 heteroatoms. The van der Waals surface area contributed by atoms with Crippen LogP contribution in [0, 0.1) is 5.82 Å². The van der Waals surface area contributed by atoms with Gasteiger partial charge in [-0.25, -0.2) is 9.40 Å². The van der Waals surface area contributed by atoms with Gasteiger partial charge in [-0.1, -0.05) is 60.3 Å². The van der Waals surface area contributed by atoms with E-state index in [1.54, 1.807) is 41.7 Å². The van der Waals surface area contributed by atoms with Crippen LogP contribution in [-0.2, 0) is 17.9 Å². The molecule has 0 unspecified atom stereocenters. The van der Waals surface area contributed by atoms with Gasteiger partial charge in [-0.05, 0) is 52.9 Å². The summed E-state index contributed by atoms with van der Waals surface area (Å²) in [5, 5.41) is 20.4. The van der Waals surface area contributed by atoms with Crippen LogP contribution in [0.3, 0.4) is 0 Å². The van der Waals surface area contributed by atoms with Crippen molar-refractivity contribution in [3.8, 4) is 11.5 Å². The number of hydrogen-bond acceptors (Lipinski definition) is 9. The molecule has 0 fully saturated rings. The van der Waals surface area contributed by atoms with Gasteiger partial charge in [-0.3, -0.25) is 9.59 Å². The normalized spacial score (nSPS) is 14.1. The minimum atomic E-state index is -0.356. The van der Waals surface area contributed by atoms with Gasteiger partial charge < -0.3 is 19.4 Å². The van der Waals surface area contributed by atoms with Crippen molar-refractivity contribution in [3.63, 3.8) is 0 Å². The van der Waals surface area contributed by atoms with Crippen molar-refractivity contribution in [1.82, 2.24) is 25.1 Å². The smallest absolute Gasteiger partial charge is 0.253 e. The van der Waals surface area contributed by atoms with Crippen molar-refractivity contribution in [1.29, 1.82) is 0 Å². The van der Waals surface area contributed by atoms with Gasteiger partial charge in [0, 0.05) is 12.0 Å². The lowest BCUT2D eigenvalue weighted by Gasteiger charge is -2.22. The Balaban J connectivity index is 1.20. The molecular weight excluding hydrogens is 640 g/mol. The van der Waals surface area contributed by atoms with Crippen LogP contribution in [-0.4, -0.2) is 57.3 Å². The minimum absolute atomic E-state index is 0.0455. The number of carbonyl (C=O) groups is 2. The lowest BCUT2D eigenvalue weighted by molar-refractivity contribution is -0.130. The zero-order chi connectivity index (χ0) is 32.8. The number of thiophene rings is 1. The van der Waals surface area contributed by atoms with Crippen molar-refractivity contribution in [2.45, 2.75) is 30.7 Å². The molecular formula is C34H31FN6O4S2. The maximum atomic E-state index is 13.7. The summed E-state index contributed by atoms with van der Waals surface area (Å²) < 4.78 is 26.2. The maximum Gasteiger partial charge on any atom is 0.253 e. The third-order valence-corrected chi connectivity index (χ3v) is 9.45. The summed E-state index contributed by atoms with van der Waals surface area (Å²) in [6, 6.07) is 24.5. The number of halogens is 1. The Bertz CT molecular complexity index is 1880. The van der Waals surface area contributed by atoms with E-state index in [4.69, 9.17) is 14.6 Å². The van der Waals surface area contributed by atoms with E-state index in [9.17, 15) is 14.0 Å². The quantitative estimate of drug-likeness (QED) is 0.164. The molecule has 0 radical (unpaired) electrons. The van der Waals surface area contributed by atoms with Gasteiger partial charge in [0.05, 0.1) is 49.7 Å². The number of nitrogens with zero attached hydrogens (tertiary/aromatic N) is 5. The Labute approximate surface area is 279 Å². The first-order valence-corrected chi connectivity index (χ1v) is 16.6. The molecule has 3 heterocycles. The van der Waals surface area contributed by atoms with Crippen LogP contribution >= 0.6 is 23.1 Å². The highest BCUT2D eigenvalue weighted by Crippen LogP contribution is 2.35. The maximum absolute atomic E-state index is 13.7. The van der Waals surface area contributed by atoms with Crippen LogP contribution in [0.2, 0.25) is 0 Å². The summed E-state index contributed by atoms with van der Waals surface area (Å²) in [4.78, 5) is 27.8. The SMILES string of the molecule is COc1ccc(C(=O)NCc2nnc(SCC(=O)N3N=C(c4cccs4)C[C@@H]3c3ccc(F)cc3)n2Cc2ccccc2)cc1OC. The lowest BCUT2D eigenvalue weighted by atomic mass is 10.0. The van der Waals surface area contributed by atoms with E-state index in [0.717, 1.165) is 21.7 Å². The zero-order valence-electron chi connectivity index (χ0n) is 25.6. The summed E-state index contributed by atoms with van der Waals surface area (Å²) in [6.07, 6.45) is 0.524. The van der Waals surface area contributed by atoms with Crippen molar-refractivity contribution in [3.05, 3.63) is 124 Å². The minimum Gasteiger partial charge on any atom is -0.493 e. The highest BCUT2D eigenvalue weighted by atomic mass is 32.2. The fourth-order valence-corrected chi connectivity index (χ4v) is 6.72. The fourth-order valence-electron chi connectivity index (χ4n) is 5.19. The molecule has 3 aromatic carbocycles. The molecule has 0 bridgehead atoms. The highest BCUT2D eigenvalue weighted by Gasteiger charge is 2.33. The van der Waals surface area contributed by atoms with Crippen molar-refractivity contribution >= 4 is 40.6 Å². The molecule has 6 rings (SSSR count). The van der Waals surface area contributed by atoms with E-state index in [0.29, 0.717) is 41.0 Å². The van der Waals surface area contributed by atoms with E-state index in [1.807, 2.05) is 52.4 Å². The summed E-state index contributed by atoms with van der Waals surface area (Å²) in [6.45, 7) is 0.545. The monoisotopic (exact) mass is 670 g/mol. The first-order valence-electron chi connectivity index (χ1n) is 14.7. The summed E-state index contributed by atoms with van der Waals surface area (Å²) in [7, 11) is 3.04. The summed E-state index contributed by atoms with van der Waals surface area (Å²) in [5.41, 5.74) is 3.03. The van der Waals surface area contributed by atoms with Crippen LogP contribution in [0.25, 0.3) is 0 Å². The third kappa shape index (κ3) is 7.36. The Kier molecular flexibility index (Phi) is 9.93. The molecule has 1 N–H and O–H groups in total. The topological polar surface area (TPSA) is 111 Å². The largest absolute Gasteiger partial charge is 0.493 e. The molecule has 2 aromatic heterocycles. The molecule has 0 saturated carbocycles. The van der Waals surface area contributed by atoms with Crippen molar-refractivity contribution in [2.24, 2.45) is 5.10 Å². The van der Waals surface area contributed by atoms with Gasteiger partial charge in [0.25, 0.3) is 11.8 Å². The number of carbonyl (C=O) groups excluding carboxylic acids is 2. The number of hydrazone groups is 1. The van der Waals surface area contributed by atoms with Gasteiger partial charge >= 0.3 is 0 Å². The van der Waals surface area contributed by atoms with Crippen LogP contribution in [0.5, 0.6) is 11.5 Å². The van der Waals surface area contributed by atoms with Gasteiger partial charge in [0.15, 0.2) is 22.5 Å². The van der Waals surface area contributed by atoms with Crippen molar-refractivity contribution in [2.75, 3.05) is 20.0 Å². The second kappa shape index (κ2) is 14.6. The predicted octanol–water partition coefficient (Wildman–Crippen LogP) is 5.94. The Morgan fingerprint density at radius 2 is 1.77 bits per heavy atom.